The van der Waals surface area contributed by atoms with Gasteiger partial charge in [0.1, 0.15) is 0 Å². The minimum absolute atomic E-state index is 0.606. The second-order valence-corrected chi connectivity index (χ2v) is 3.09. The highest BCUT2D eigenvalue weighted by Crippen LogP contribution is 2.15. The predicted octanol–water partition coefficient (Wildman–Crippen LogP) is 1.73. The number of fused-ring (bicyclic) bond motifs is 1. The summed E-state index contributed by atoms with van der Waals surface area (Å²) in [6, 6.07) is 7.93. The van der Waals surface area contributed by atoms with Crippen molar-refractivity contribution >= 4 is 17.2 Å². The molecule has 2 nitrogen and oxygen atoms in total. The van der Waals surface area contributed by atoms with Gasteiger partial charge in [-0.25, -0.2) is 0 Å². The van der Waals surface area contributed by atoms with Crippen LogP contribution in [0.15, 0.2) is 30.5 Å². The standard InChI is InChI=1S/C12H9NO/c1-13-7-6-11-9-10(3-2-8-14)4-5-12(11)13/h4-9H,1H3. The molecule has 0 fully saturated rings. The van der Waals surface area contributed by atoms with Crippen molar-refractivity contribution in [2.45, 2.75) is 0 Å². The first-order chi connectivity index (χ1) is 6.81. The van der Waals surface area contributed by atoms with E-state index in [0.29, 0.717) is 6.29 Å². The van der Waals surface area contributed by atoms with Crippen LogP contribution in [-0.2, 0) is 11.8 Å². The molecule has 1 aromatic carbocycles. The molecular formula is C12H9NO. The van der Waals surface area contributed by atoms with E-state index in [9.17, 15) is 4.79 Å². The van der Waals surface area contributed by atoms with E-state index in [2.05, 4.69) is 11.8 Å². The fraction of sp³-hybridized carbons (Fsp3) is 0.0833. The number of rotatable bonds is 0. The molecule has 0 spiro atoms. The van der Waals surface area contributed by atoms with Crippen molar-refractivity contribution in [3.63, 3.8) is 0 Å². The molecule has 2 heteroatoms. The summed E-state index contributed by atoms with van der Waals surface area (Å²) in [5.74, 6) is 5.17. The fourth-order valence-electron chi connectivity index (χ4n) is 1.47. The number of carbonyl (C=O) groups excluding carboxylic acids is 1. The van der Waals surface area contributed by atoms with Crippen LogP contribution >= 0.6 is 0 Å². The summed E-state index contributed by atoms with van der Waals surface area (Å²) in [4.78, 5) is 10.1. The predicted molar refractivity (Wildman–Crippen MR) is 55.9 cm³/mol. The number of aryl methyl sites for hydroxylation is 1. The molecule has 0 N–H and O–H groups in total. The van der Waals surface area contributed by atoms with Gasteiger partial charge in [0.05, 0.1) is 0 Å². The molecule has 68 valence electrons. The molecule has 0 saturated heterocycles. The van der Waals surface area contributed by atoms with E-state index in [4.69, 9.17) is 0 Å². The quantitative estimate of drug-likeness (QED) is 0.450. The number of benzene rings is 1. The molecule has 0 aliphatic carbocycles. The van der Waals surface area contributed by atoms with Crippen molar-refractivity contribution in [2.24, 2.45) is 7.05 Å². The number of carbonyl (C=O) groups is 1. The molecule has 0 atom stereocenters. The van der Waals surface area contributed by atoms with E-state index in [1.165, 1.54) is 5.52 Å². The topological polar surface area (TPSA) is 22.0 Å². The van der Waals surface area contributed by atoms with Crippen molar-refractivity contribution in [1.82, 2.24) is 4.57 Å². The molecule has 0 radical (unpaired) electrons. The molecule has 14 heavy (non-hydrogen) atoms. The average molecular weight is 183 g/mol. The Hall–Kier alpha value is -2.01. The maximum atomic E-state index is 10.1. The highest BCUT2D eigenvalue weighted by atomic mass is 16.1. The molecule has 0 aliphatic rings. The molecule has 0 bridgehead atoms. The lowest BCUT2D eigenvalue weighted by Crippen LogP contribution is -1.83. The lowest BCUT2D eigenvalue weighted by atomic mass is 10.1. The highest BCUT2D eigenvalue weighted by Gasteiger charge is 1.97. The van der Waals surface area contributed by atoms with Gasteiger partial charge >= 0.3 is 0 Å². The summed E-state index contributed by atoms with van der Waals surface area (Å²) < 4.78 is 2.05. The van der Waals surface area contributed by atoms with Crippen molar-refractivity contribution in [2.75, 3.05) is 0 Å². The number of aromatic nitrogens is 1. The van der Waals surface area contributed by atoms with E-state index in [-0.39, 0.29) is 0 Å². The molecule has 1 heterocycles. The van der Waals surface area contributed by atoms with Crippen LogP contribution in [0.1, 0.15) is 5.56 Å². The van der Waals surface area contributed by atoms with Crippen LogP contribution in [0.3, 0.4) is 0 Å². The molecule has 2 rings (SSSR count). The summed E-state index contributed by atoms with van der Waals surface area (Å²) in [6.07, 6.45) is 2.61. The second-order valence-electron chi connectivity index (χ2n) is 3.09. The summed E-state index contributed by atoms with van der Waals surface area (Å²) in [5.41, 5.74) is 2.04. The van der Waals surface area contributed by atoms with E-state index in [1.54, 1.807) is 0 Å². The molecule has 0 saturated carbocycles. The Bertz CT molecular complexity index is 540. The van der Waals surface area contributed by atoms with Crippen molar-refractivity contribution in [3.05, 3.63) is 36.0 Å². The van der Waals surface area contributed by atoms with Crippen LogP contribution in [0.25, 0.3) is 10.9 Å². The maximum Gasteiger partial charge on any atom is 0.193 e. The van der Waals surface area contributed by atoms with Crippen molar-refractivity contribution in [1.29, 1.82) is 0 Å². The van der Waals surface area contributed by atoms with Crippen LogP contribution in [0, 0.1) is 11.8 Å². The number of hydrogen-bond acceptors (Lipinski definition) is 1. The first-order valence-electron chi connectivity index (χ1n) is 4.31. The van der Waals surface area contributed by atoms with Crippen LogP contribution < -0.4 is 0 Å². The molecule has 1 aromatic heterocycles. The van der Waals surface area contributed by atoms with Gasteiger partial charge in [-0.2, -0.15) is 0 Å². The van der Waals surface area contributed by atoms with Crippen LogP contribution in [0.2, 0.25) is 0 Å². The summed E-state index contributed by atoms with van der Waals surface area (Å²) >= 11 is 0. The number of hydrogen-bond donors (Lipinski definition) is 0. The zero-order valence-corrected chi connectivity index (χ0v) is 7.82. The summed E-state index contributed by atoms with van der Waals surface area (Å²) in [5, 5.41) is 1.14. The van der Waals surface area contributed by atoms with E-state index in [1.807, 2.05) is 42.1 Å². The van der Waals surface area contributed by atoms with Gasteiger partial charge < -0.3 is 4.57 Å². The largest absolute Gasteiger partial charge is 0.351 e. The molecule has 0 unspecified atom stereocenters. The lowest BCUT2D eigenvalue weighted by Gasteiger charge is -1.95. The Kier molecular flexibility index (Phi) is 2.08. The normalized spacial score (nSPS) is 9.50. The summed E-state index contributed by atoms with van der Waals surface area (Å²) in [7, 11) is 2.00. The van der Waals surface area contributed by atoms with Gasteiger partial charge in [-0.3, -0.25) is 4.79 Å². The van der Waals surface area contributed by atoms with E-state index < -0.39 is 0 Å². The average Bonchev–Trinajstić information content (AvgIpc) is 2.57. The smallest absolute Gasteiger partial charge is 0.193 e. The zero-order valence-electron chi connectivity index (χ0n) is 7.82. The van der Waals surface area contributed by atoms with Crippen LogP contribution in [-0.4, -0.2) is 10.9 Å². The van der Waals surface area contributed by atoms with Gasteiger partial charge in [-0.05, 0) is 30.2 Å². The van der Waals surface area contributed by atoms with E-state index in [0.717, 1.165) is 10.9 Å². The monoisotopic (exact) mass is 183 g/mol. The Morgan fingerprint density at radius 1 is 1.36 bits per heavy atom. The highest BCUT2D eigenvalue weighted by molar-refractivity contribution is 5.82. The number of aldehydes is 1. The zero-order chi connectivity index (χ0) is 9.97. The Balaban J connectivity index is 2.57. The fourth-order valence-corrected chi connectivity index (χ4v) is 1.47. The number of nitrogens with zero attached hydrogens (tertiary/aromatic N) is 1. The third-order valence-corrected chi connectivity index (χ3v) is 2.16. The SMILES string of the molecule is Cn1ccc2cc(C#CC=O)ccc21. The Morgan fingerprint density at radius 3 is 3.00 bits per heavy atom. The van der Waals surface area contributed by atoms with Crippen molar-refractivity contribution in [3.8, 4) is 11.8 Å². The molecule has 2 aromatic rings. The van der Waals surface area contributed by atoms with Gasteiger partial charge in [-0.15, -0.1) is 0 Å². The second kappa shape index (κ2) is 3.39. The van der Waals surface area contributed by atoms with Gasteiger partial charge in [0, 0.05) is 29.7 Å². The molecule has 0 aliphatic heterocycles. The van der Waals surface area contributed by atoms with Gasteiger partial charge in [0.15, 0.2) is 6.29 Å². The minimum Gasteiger partial charge on any atom is -0.351 e. The minimum atomic E-state index is 0.606. The maximum absolute atomic E-state index is 10.1. The molecular weight excluding hydrogens is 174 g/mol. The van der Waals surface area contributed by atoms with Crippen LogP contribution in [0.4, 0.5) is 0 Å². The summed E-state index contributed by atoms with van der Waals surface area (Å²) in [6.45, 7) is 0. The third kappa shape index (κ3) is 1.40. The Labute approximate surface area is 82.2 Å². The first-order valence-corrected chi connectivity index (χ1v) is 4.31. The van der Waals surface area contributed by atoms with Crippen molar-refractivity contribution < 1.29 is 4.79 Å². The third-order valence-electron chi connectivity index (χ3n) is 2.16. The van der Waals surface area contributed by atoms with Crippen LogP contribution in [0.5, 0.6) is 0 Å². The van der Waals surface area contributed by atoms with Gasteiger partial charge in [-0.1, -0.05) is 5.92 Å². The molecule has 0 amide bonds. The van der Waals surface area contributed by atoms with E-state index >= 15 is 0 Å². The van der Waals surface area contributed by atoms with Gasteiger partial charge in [0.2, 0.25) is 0 Å². The first kappa shape index (κ1) is 8.58. The van der Waals surface area contributed by atoms with Gasteiger partial charge in [0.25, 0.3) is 0 Å². The lowest BCUT2D eigenvalue weighted by molar-refractivity contribution is -0.103. The Morgan fingerprint density at radius 2 is 2.21 bits per heavy atom.